The Balaban J connectivity index is 2.34. The fraction of sp³-hybridized carbons (Fsp3) is 0.929. The van der Waals surface area contributed by atoms with Gasteiger partial charge in [-0.2, -0.15) is 0 Å². The average Bonchev–Trinajstić information content (AvgIpc) is 2.89. The summed E-state index contributed by atoms with van der Waals surface area (Å²) in [7, 11) is 0. The molecule has 0 aromatic carbocycles. The van der Waals surface area contributed by atoms with E-state index in [1.165, 1.54) is 25.7 Å². The Morgan fingerprint density at radius 3 is 2.67 bits per heavy atom. The molecule has 0 bridgehead atoms. The van der Waals surface area contributed by atoms with Gasteiger partial charge in [-0.15, -0.1) is 0 Å². The smallest absolute Gasteiger partial charge is 0.222 e. The van der Waals surface area contributed by atoms with E-state index in [9.17, 15) is 4.79 Å². The lowest BCUT2D eigenvalue weighted by Gasteiger charge is -2.29. The minimum Gasteiger partial charge on any atom is -0.382 e. The van der Waals surface area contributed by atoms with Gasteiger partial charge in [-0.3, -0.25) is 4.79 Å². The highest BCUT2D eigenvalue weighted by molar-refractivity contribution is 5.76. The van der Waals surface area contributed by atoms with Gasteiger partial charge in [-0.1, -0.05) is 12.8 Å². The molecule has 106 valence electrons. The minimum absolute atomic E-state index is 0.287. The van der Waals surface area contributed by atoms with Gasteiger partial charge in [0.25, 0.3) is 0 Å². The van der Waals surface area contributed by atoms with Gasteiger partial charge in [-0.05, 0) is 39.2 Å². The van der Waals surface area contributed by atoms with Crippen molar-refractivity contribution >= 4 is 5.91 Å². The lowest BCUT2D eigenvalue weighted by atomic mass is 10.1. The Kier molecular flexibility index (Phi) is 8.01. The molecule has 0 aliphatic heterocycles. The molecule has 1 aliphatic carbocycles. The van der Waals surface area contributed by atoms with Crippen LogP contribution < -0.4 is 5.73 Å². The Morgan fingerprint density at radius 2 is 2.06 bits per heavy atom. The second-order valence-electron chi connectivity index (χ2n) is 4.97. The maximum absolute atomic E-state index is 12.2. The number of ether oxygens (including phenoxy) is 1. The molecule has 0 spiro atoms. The summed E-state index contributed by atoms with van der Waals surface area (Å²) in [6.07, 6.45) is 7.21. The Bertz CT molecular complexity index is 228. The van der Waals surface area contributed by atoms with Gasteiger partial charge in [0, 0.05) is 32.2 Å². The lowest BCUT2D eigenvalue weighted by Crippen LogP contribution is -2.40. The molecule has 0 heterocycles. The van der Waals surface area contributed by atoms with Crippen LogP contribution in [0, 0.1) is 0 Å². The highest BCUT2D eigenvalue weighted by Crippen LogP contribution is 2.24. The number of hydrogen-bond acceptors (Lipinski definition) is 3. The first-order valence-corrected chi connectivity index (χ1v) is 7.36. The van der Waals surface area contributed by atoms with E-state index in [2.05, 4.69) is 4.90 Å². The zero-order valence-corrected chi connectivity index (χ0v) is 11.7. The average molecular weight is 256 g/mol. The number of nitrogens with two attached hydrogens (primary N) is 1. The van der Waals surface area contributed by atoms with Crippen molar-refractivity contribution in [3.63, 3.8) is 0 Å². The van der Waals surface area contributed by atoms with E-state index in [1.54, 1.807) is 0 Å². The van der Waals surface area contributed by atoms with Crippen molar-refractivity contribution < 1.29 is 9.53 Å². The highest BCUT2D eigenvalue weighted by Gasteiger charge is 2.25. The second kappa shape index (κ2) is 9.34. The summed E-state index contributed by atoms with van der Waals surface area (Å²) in [4.78, 5) is 14.3. The first kappa shape index (κ1) is 15.4. The monoisotopic (exact) mass is 256 g/mol. The molecule has 1 fully saturated rings. The molecule has 18 heavy (non-hydrogen) atoms. The van der Waals surface area contributed by atoms with Gasteiger partial charge in [0.05, 0.1) is 0 Å². The number of rotatable bonds is 9. The summed E-state index contributed by atoms with van der Waals surface area (Å²) >= 11 is 0. The van der Waals surface area contributed by atoms with Crippen LogP contribution in [0.4, 0.5) is 0 Å². The lowest BCUT2D eigenvalue weighted by molar-refractivity contribution is -0.133. The fourth-order valence-corrected chi connectivity index (χ4v) is 2.60. The summed E-state index contributed by atoms with van der Waals surface area (Å²) in [6, 6.07) is 0.469. The summed E-state index contributed by atoms with van der Waals surface area (Å²) in [5.74, 6) is 0.287. The van der Waals surface area contributed by atoms with Gasteiger partial charge < -0.3 is 15.4 Å². The number of carbonyl (C=O) groups excluding carboxylic acids is 1. The van der Waals surface area contributed by atoms with E-state index < -0.39 is 0 Å². The third-order valence-electron chi connectivity index (χ3n) is 3.57. The number of amides is 1. The quantitative estimate of drug-likeness (QED) is 0.641. The van der Waals surface area contributed by atoms with Gasteiger partial charge >= 0.3 is 0 Å². The zero-order chi connectivity index (χ0) is 13.2. The molecule has 0 aromatic heterocycles. The van der Waals surface area contributed by atoms with Crippen LogP contribution >= 0.6 is 0 Å². The minimum atomic E-state index is 0.287. The molecule has 0 unspecified atom stereocenters. The molecule has 0 atom stereocenters. The van der Waals surface area contributed by atoms with Crippen LogP contribution in [0.1, 0.15) is 51.9 Å². The topological polar surface area (TPSA) is 55.6 Å². The molecule has 1 aliphatic rings. The molecule has 0 radical (unpaired) electrons. The van der Waals surface area contributed by atoms with Gasteiger partial charge in [0.15, 0.2) is 0 Å². The molecular weight excluding hydrogens is 228 g/mol. The van der Waals surface area contributed by atoms with Crippen molar-refractivity contribution in [3.8, 4) is 0 Å². The van der Waals surface area contributed by atoms with Crippen molar-refractivity contribution in [1.29, 1.82) is 0 Å². The van der Waals surface area contributed by atoms with Gasteiger partial charge in [-0.25, -0.2) is 0 Å². The predicted octanol–water partition coefficient (Wildman–Crippen LogP) is 1.92. The summed E-state index contributed by atoms with van der Waals surface area (Å²) < 4.78 is 5.28. The Morgan fingerprint density at radius 1 is 1.33 bits per heavy atom. The summed E-state index contributed by atoms with van der Waals surface area (Å²) in [5, 5.41) is 0. The third kappa shape index (κ3) is 5.36. The number of nitrogens with zero attached hydrogens (tertiary/aromatic N) is 1. The van der Waals surface area contributed by atoms with Crippen LogP contribution in [0.2, 0.25) is 0 Å². The predicted molar refractivity (Wildman–Crippen MR) is 73.4 cm³/mol. The van der Waals surface area contributed by atoms with Crippen molar-refractivity contribution in [1.82, 2.24) is 4.90 Å². The summed E-state index contributed by atoms with van der Waals surface area (Å²) in [6.45, 7) is 4.89. The number of carbonyl (C=O) groups is 1. The standard InChI is InChI=1S/C14H28N2O2/c1-2-18-12-5-9-14(17)16(11-6-10-15)13-7-3-4-8-13/h13H,2-12,15H2,1H3. The van der Waals surface area contributed by atoms with E-state index in [-0.39, 0.29) is 5.91 Å². The largest absolute Gasteiger partial charge is 0.382 e. The van der Waals surface area contributed by atoms with Crippen LogP contribution in [-0.2, 0) is 9.53 Å². The molecule has 0 aromatic rings. The highest BCUT2D eigenvalue weighted by atomic mass is 16.5. The van der Waals surface area contributed by atoms with Crippen LogP contribution in [-0.4, -0.2) is 43.2 Å². The van der Waals surface area contributed by atoms with E-state index in [4.69, 9.17) is 10.5 Å². The normalized spacial score (nSPS) is 16.1. The fourth-order valence-electron chi connectivity index (χ4n) is 2.60. The molecular formula is C14H28N2O2. The number of hydrogen-bond donors (Lipinski definition) is 1. The first-order valence-electron chi connectivity index (χ1n) is 7.36. The van der Waals surface area contributed by atoms with Crippen LogP contribution in [0.5, 0.6) is 0 Å². The Hall–Kier alpha value is -0.610. The molecule has 4 heteroatoms. The molecule has 1 rings (SSSR count). The van der Waals surface area contributed by atoms with E-state index in [0.29, 0.717) is 25.6 Å². The zero-order valence-electron chi connectivity index (χ0n) is 11.7. The van der Waals surface area contributed by atoms with Crippen molar-refractivity contribution in [2.45, 2.75) is 57.9 Å². The van der Waals surface area contributed by atoms with Crippen LogP contribution in [0.15, 0.2) is 0 Å². The SMILES string of the molecule is CCOCCCC(=O)N(CCCN)C1CCCC1. The van der Waals surface area contributed by atoms with E-state index in [1.807, 2.05) is 6.92 Å². The van der Waals surface area contributed by atoms with Crippen LogP contribution in [0.3, 0.4) is 0 Å². The van der Waals surface area contributed by atoms with Crippen molar-refractivity contribution in [3.05, 3.63) is 0 Å². The van der Waals surface area contributed by atoms with Gasteiger partial charge in [0.1, 0.15) is 0 Å². The Labute approximate surface area is 111 Å². The summed E-state index contributed by atoms with van der Waals surface area (Å²) in [5.41, 5.74) is 5.56. The maximum atomic E-state index is 12.2. The van der Waals surface area contributed by atoms with Crippen LogP contribution in [0.25, 0.3) is 0 Å². The molecule has 4 nitrogen and oxygen atoms in total. The second-order valence-corrected chi connectivity index (χ2v) is 4.97. The van der Waals surface area contributed by atoms with E-state index in [0.717, 1.165) is 26.0 Å². The molecule has 0 saturated heterocycles. The first-order chi connectivity index (χ1) is 8.79. The molecule has 2 N–H and O–H groups in total. The maximum Gasteiger partial charge on any atom is 0.222 e. The van der Waals surface area contributed by atoms with E-state index >= 15 is 0 Å². The van der Waals surface area contributed by atoms with Crippen molar-refractivity contribution in [2.75, 3.05) is 26.3 Å². The molecule has 1 saturated carbocycles. The third-order valence-corrected chi connectivity index (χ3v) is 3.57. The van der Waals surface area contributed by atoms with Crippen molar-refractivity contribution in [2.24, 2.45) is 5.73 Å². The van der Waals surface area contributed by atoms with Gasteiger partial charge in [0.2, 0.25) is 5.91 Å². The molecule has 1 amide bonds.